The van der Waals surface area contributed by atoms with Gasteiger partial charge in [-0.1, -0.05) is 36.9 Å². The van der Waals surface area contributed by atoms with Crippen molar-refractivity contribution in [2.45, 2.75) is 31.3 Å². The molecular formula is C25H25N5O4S2. The number of ketones is 1. The van der Waals surface area contributed by atoms with E-state index in [4.69, 9.17) is 10.7 Å². The van der Waals surface area contributed by atoms with Crippen molar-refractivity contribution in [1.82, 2.24) is 18.7 Å². The third-order valence-electron chi connectivity index (χ3n) is 6.63. The number of anilines is 1. The molecule has 1 aromatic carbocycles. The topological polar surface area (TPSA) is 122 Å². The first-order valence-electron chi connectivity index (χ1n) is 11.5. The first-order chi connectivity index (χ1) is 17.2. The van der Waals surface area contributed by atoms with Crippen molar-refractivity contribution in [3.63, 3.8) is 0 Å². The van der Waals surface area contributed by atoms with E-state index < -0.39 is 17.0 Å². The monoisotopic (exact) mass is 523 g/mol. The lowest BCUT2D eigenvalue weighted by molar-refractivity contribution is 0.102. The number of benzene rings is 1. The molecule has 0 radical (unpaired) electrons. The maximum absolute atomic E-state index is 13.8. The van der Waals surface area contributed by atoms with Crippen LogP contribution in [-0.2, 0) is 26.9 Å². The van der Waals surface area contributed by atoms with Crippen LogP contribution in [0.15, 0.2) is 49.9 Å². The molecule has 36 heavy (non-hydrogen) atoms. The number of aromatic nitrogens is 4. The fourth-order valence-electron chi connectivity index (χ4n) is 4.60. The molecule has 3 aromatic heterocycles. The lowest BCUT2D eigenvalue weighted by Crippen LogP contribution is -2.41. The van der Waals surface area contributed by atoms with E-state index in [1.165, 1.54) is 23.5 Å². The van der Waals surface area contributed by atoms with Gasteiger partial charge in [-0.05, 0) is 42.9 Å². The Balaban J connectivity index is 1.61. The summed E-state index contributed by atoms with van der Waals surface area (Å²) in [6, 6.07) is 9.18. The van der Waals surface area contributed by atoms with Crippen molar-refractivity contribution in [2.24, 2.45) is 20.0 Å². The number of nitrogens with zero attached hydrogens (tertiary/aromatic N) is 4. The SMILES string of the molecule is CC1CCc2c(sc3nc(SCC(=O)c4c(N)n(C)c(=O)n(C)c4=O)n(-c4ccccc4)c(=O)c23)C1. The molecule has 186 valence electrons. The number of aryl methyl sites for hydroxylation is 1. The van der Waals surface area contributed by atoms with Gasteiger partial charge in [0.25, 0.3) is 11.1 Å². The second kappa shape index (κ2) is 9.21. The molecule has 11 heteroatoms. The molecule has 2 N–H and O–H groups in total. The number of thiophene rings is 1. The van der Waals surface area contributed by atoms with Crippen LogP contribution in [0.4, 0.5) is 5.82 Å². The Morgan fingerprint density at radius 2 is 1.86 bits per heavy atom. The molecule has 0 aliphatic heterocycles. The highest BCUT2D eigenvalue weighted by Crippen LogP contribution is 2.37. The number of fused-ring (bicyclic) bond motifs is 3. The summed E-state index contributed by atoms with van der Waals surface area (Å²) in [6.45, 7) is 2.21. The van der Waals surface area contributed by atoms with Crippen molar-refractivity contribution in [1.29, 1.82) is 0 Å². The van der Waals surface area contributed by atoms with Gasteiger partial charge in [0.05, 0.1) is 16.8 Å². The summed E-state index contributed by atoms with van der Waals surface area (Å²) in [5.41, 5.74) is 5.93. The summed E-state index contributed by atoms with van der Waals surface area (Å²) in [6.07, 6.45) is 2.81. The minimum Gasteiger partial charge on any atom is -0.384 e. The highest BCUT2D eigenvalue weighted by molar-refractivity contribution is 7.99. The first kappa shape index (κ1) is 24.3. The van der Waals surface area contributed by atoms with E-state index in [-0.39, 0.29) is 22.7 Å². The molecule has 4 aromatic rings. The van der Waals surface area contributed by atoms with Crippen LogP contribution in [0.2, 0.25) is 0 Å². The third kappa shape index (κ3) is 3.92. The number of carbonyl (C=O) groups is 1. The van der Waals surface area contributed by atoms with Crippen molar-refractivity contribution in [2.75, 3.05) is 11.5 Å². The van der Waals surface area contributed by atoms with E-state index in [1.54, 1.807) is 11.3 Å². The molecule has 0 saturated heterocycles. The molecule has 5 rings (SSSR count). The highest BCUT2D eigenvalue weighted by Gasteiger charge is 2.26. The van der Waals surface area contributed by atoms with Gasteiger partial charge in [0.1, 0.15) is 16.2 Å². The number of carbonyl (C=O) groups excluding carboxylic acids is 1. The smallest absolute Gasteiger partial charge is 0.332 e. The molecule has 3 heterocycles. The molecule has 1 aliphatic rings. The summed E-state index contributed by atoms with van der Waals surface area (Å²) in [7, 11) is 2.71. The number of hydrogen-bond acceptors (Lipinski definition) is 8. The van der Waals surface area contributed by atoms with Gasteiger partial charge in [-0.15, -0.1) is 11.3 Å². The predicted octanol–water partition coefficient (Wildman–Crippen LogP) is 2.53. The zero-order valence-electron chi connectivity index (χ0n) is 20.1. The summed E-state index contributed by atoms with van der Waals surface area (Å²) in [5, 5.41) is 1.01. The van der Waals surface area contributed by atoms with E-state index in [0.717, 1.165) is 45.7 Å². The van der Waals surface area contributed by atoms with Gasteiger partial charge < -0.3 is 5.73 Å². The molecule has 1 unspecified atom stereocenters. The van der Waals surface area contributed by atoms with E-state index in [1.807, 2.05) is 30.3 Å². The van der Waals surface area contributed by atoms with Crippen LogP contribution in [-0.4, -0.2) is 30.2 Å². The summed E-state index contributed by atoms with van der Waals surface area (Å²) >= 11 is 2.61. The van der Waals surface area contributed by atoms with Crippen LogP contribution < -0.4 is 22.5 Å². The number of para-hydroxylation sites is 1. The number of rotatable bonds is 5. The first-order valence-corrected chi connectivity index (χ1v) is 13.3. The van der Waals surface area contributed by atoms with Gasteiger partial charge in [0.2, 0.25) is 0 Å². The van der Waals surface area contributed by atoms with Crippen LogP contribution in [0, 0.1) is 5.92 Å². The van der Waals surface area contributed by atoms with Crippen LogP contribution in [0.25, 0.3) is 15.9 Å². The number of thioether (sulfide) groups is 1. The average Bonchev–Trinajstić information content (AvgIpc) is 3.23. The Hall–Kier alpha value is -3.44. The second-order valence-corrected chi connectivity index (χ2v) is 11.1. The maximum Gasteiger partial charge on any atom is 0.332 e. The van der Waals surface area contributed by atoms with Crippen LogP contribution in [0.3, 0.4) is 0 Å². The zero-order chi connectivity index (χ0) is 25.7. The lowest BCUT2D eigenvalue weighted by atomic mass is 9.89. The predicted molar refractivity (Wildman–Crippen MR) is 143 cm³/mol. The summed E-state index contributed by atoms with van der Waals surface area (Å²) < 4.78 is 3.46. The molecule has 0 spiro atoms. The van der Waals surface area contributed by atoms with Gasteiger partial charge in [-0.2, -0.15) is 0 Å². The molecular weight excluding hydrogens is 498 g/mol. The molecule has 0 saturated carbocycles. The normalized spacial score (nSPS) is 15.2. The maximum atomic E-state index is 13.8. The molecule has 0 bridgehead atoms. The fourth-order valence-corrected chi connectivity index (χ4v) is 6.91. The third-order valence-corrected chi connectivity index (χ3v) is 8.72. The van der Waals surface area contributed by atoms with Gasteiger partial charge in [0, 0.05) is 19.0 Å². The van der Waals surface area contributed by atoms with E-state index in [2.05, 4.69) is 6.92 Å². The van der Waals surface area contributed by atoms with Crippen LogP contribution in [0.1, 0.15) is 34.1 Å². The summed E-state index contributed by atoms with van der Waals surface area (Å²) in [5.74, 6) is -0.340. The molecule has 9 nitrogen and oxygen atoms in total. The second-order valence-electron chi connectivity index (χ2n) is 9.08. The molecule has 0 amide bonds. The van der Waals surface area contributed by atoms with Gasteiger partial charge in [-0.25, -0.2) is 9.78 Å². The molecule has 0 fully saturated rings. The fraction of sp³-hybridized carbons (Fsp3) is 0.320. The van der Waals surface area contributed by atoms with Gasteiger partial charge in [-0.3, -0.25) is 28.1 Å². The minimum atomic E-state index is -0.745. The van der Waals surface area contributed by atoms with Crippen LogP contribution >= 0.6 is 23.1 Å². The van der Waals surface area contributed by atoms with Gasteiger partial charge in [0.15, 0.2) is 10.9 Å². The van der Waals surface area contributed by atoms with Crippen molar-refractivity contribution in [3.8, 4) is 5.69 Å². The Bertz CT molecular complexity index is 1700. The highest BCUT2D eigenvalue weighted by atomic mass is 32.2. The number of Topliss-reactive ketones (excluding diaryl/α,β-unsaturated/α-hetero) is 1. The minimum absolute atomic E-state index is 0.161. The van der Waals surface area contributed by atoms with E-state index in [0.29, 0.717) is 27.0 Å². The molecule has 1 aliphatic carbocycles. The Labute approximate surface area is 214 Å². The van der Waals surface area contributed by atoms with Crippen LogP contribution in [0.5, 0.6) is 0 Å². The Morgan fingerprint density at radius 3 is 2.58 bits per heavy atom. The van der Waals surface area contributed by atoms with Gasteiger partial charge >= 0.3 is 5.69 Å². The molecule has 1 atom stereocenters. The van der Waals surface area contributed by atoms with Crippen molar-refractivity contribution >= 4 is 44.9 Å². The quantitative estimate of drug-likeness (QED) is 0.242. The van der Waals surface area contributed by atoms with E-state index in [9.17, 15) is 19.2 Å². The van der Waals surface area contributed by atoms with E-state index >= 15 is 0 Å². The zero-order valence-corrected chi connectivity index (χ0v) is 21.7. The Morgan fingerprint density at radius 1 is 1.14 bits per heavy atom. The van der Waals surface area contributed by atoms with Crippen molar-refractivity contribution < 1.29 is 4.79 Å². The summed E-state index contributed by atoms with van der Waals surface area (Å²) in [4.78, 5) is 58.4. The number of hydrogen-bond donors (Lipinski definition) is 1. The average molecular weight is 524 g/mol. The number of nitrogen functional groups attached to an aromatic ring is 1. The Kier molecular flexibility index (Phi) is 6.21. The lowest BCUT2D eigenvalue weighted by Gasteiger charge is -2.17. The van der Waals surface area contributed by atoms with Crippen molar-refractivity contribution in [3.05, 3.63) is 77.5 Å². The number of nitrogens with two attached hydrogens (primary N) is 1. The largest absolute Gasteiger partial charge is 0.384 e. The standard InChI is InChI=1S/C25H25N5O4S2/c1-13-9-10-15-17(11-13)36-21-18(15)23(33)30(14-7-5-4-6-8-14)24(27-21)35-12-16(31)19-20(26)28(2)25(34)29(3)22(19)32/h4-8,13H,9-12,26H2,1-3H3.